The standard InChI is InChI=1S/C11H10BrN3O4S/c1-6-9(10(16)14-11(17)13-6)20(18,19)15-8-5-3-2-4-7(8)12/h2-5,15H,1H3,(H2,13,14,16,17). The predicted molar refractivity (Wildman–Crippen MR) is 77.4 cm³/mol. The van der Waals surface area contributed by atoms with Gasteiger partial charge in [-0.25, -0.2) is 13.2 Å². The number of benzene rings is 1. The third kappa shape index (κ3) is 2.83. The molecule has 0 atom stereocenters. The molecule has 0 radical (unpaired) electrons. The smallest absolute Gasteiger partial charge is 0.310 e. The fourth-order valence-electron chi connectivity index (χ4n) is 1.65. The molecule has 20 heavy (non-hydrogen) atoms. The molecule has 0 bridgehead atoms. The molecule has 106 valence electrons. The van der Waals surface area contributed by atoms with Crippen LogP contribution in [-0.2, 0) is 10.0 Å². The minimum Gasteiger partial charge on any atom is -0.310 e. The van der Waals surface area contributed by atoms with Crippen molar-refractivity contribution in [3.63, 3.8) is 0 Å². The van der Waals surface area contributed by atoms with E-state index in [1.165, 1.54) is 13.0 Å². The molecule has 0 saturated carbocycles. The van der Waals surface area contributed by atoms with Gasteiger partial charge in [-0.1, -0.05) is 12.1 Å². The first-order valence-corrected chi connectivity index (χ1v) is 7.69. The number of hydrogen-bond acceptors (Lipinski definition) is 4. The number of aromatic nitrogens is 2. The Hall–Kier alpha value is -1.87. The molecule has 3 N–H and O–H groups in total. The number of rotatable bonds is 3. The lowest BCUT2D eigenvalue weighted by molar-refractivity contribution is 0.598. The molecule has 0 amide bonds. The highest BCUT2D eigenvalue weighted by Crippen LogP contribution is 2.23. The van der Waals surface area contributed by atoms with Crippen LogP contribution < -0.4 is 16.0 Å². The van der Waals surface area contributed by atoms with E-state index in [-0.39, 0.29) is 11.4 Å². The molecule has 0 aliphatic heterocycles. The topological polar surface area (TPSA) is 112 Å². The number of sulfonamides is 1. The lowest BCUT2D eigenvalue weighted by Gasteiger charge is -2.10. The Morgan fingerprint density at radius 1 is 1.15 bits per heavy atom. The molecule has 2 rings (SSSR count). The molecule has 0 saturated heterocycles. The van der Waals surface area contributed by atoms with E-state index >= 15 is 0 Å². The molecule has 1 aromatic carbocycles. The second-order valence-corrected chi connectivity index (χ2v) is 6.42. The maximum absolute atomic E-state index is 12.2. The second kappa shape index (κ2) is 5.25. The van der Waals surface area contributed by atoms with E-state index in [2.05, 4.69) is 25.6 Å². The zero-order valence-electron chi connectivity index (χ0n) is 10.2. The zero-order chi connectivity index (χ0) is 14.9. The number of H-pyrrole nitrogens is 2. The lowest BCUT2D eigenvalue weighted by Crippen LogP contribution is -2.31. The summed E-state index contributed by atoms with van der Waals surface area (Å²) in [6, 6.07) is 6.56. The van der Waals surface area contributed by atoms with Crippen LogP contribution in [0.2, 0.25) is 0 Å². The van der Waals surface area contributed by atoms with Gasteiger partial charge in [0.1, 0.15) is 0 Å². The molecule has 9 heteroatoms. The second-order valence-electron chi connectivity index (χ2n) is 3.95. The summed E-state index contributed by atoms with van der Waals surface area (Å²) in [5.41, 5.74) is -1.46. The molecular weight excluding hydrogens is 350 g/mol. The van der Waals surface area contributed by atoms with Crippen LogP contribution in [0.3, 0.4) is 0 Å². The van der Waals surface area contributed by atoms with Gasteiger partial charge in [0.25, 0.3) is 15.6 Å². The third-order valence-electron chi connectivity index (χ3n) is 2.46. The summed E-state index contributed by atoms with van der Waals surface area (Å²) >= 11 is 3.20. The SMILES string of the molecule is Cc1[nH]c(=O)[nH]c(=O)c1S(=O)(=O)Nc1ccccc1Br. The highest BCUT2D eigenvalue weighted by Gasteiger charge is 2.22. The fraction of sp³-hybridized carbons (Fsp3) is 0.0909. The lowest BCUT2D eigenvalue weighted by atomic mass is 10.3. The van der Waals surface area contributed by atoms with Crippen LogP contribution in [0.4, 0.5) is 5.69 Å². The van der Waals surface area contributed by atoms with Crippen LogP contribution in [-0.4, -0.2) is 18.4 Å². The van der Waals surface area contributed by atoms with E-state index in [0.29, 0.717) is 4.47 Å². The largest absolute Gasteiger partial charge is 0.325 e. The van der Waals surface area contributed by atoms with Crippen molar-refractivity contribution in [1.82, 2.24) is 9.97 Å². The molecule has 1 heterocycles. The minimum absolute atomic E-state index is 0.0293. The Morgan fingerprint density at radius 2 is 1.80 bits per heavy atom. The van der Waals surface area contributed by atoms with Gasteiger partial charge in [-0.05, 0) is 35.0 Å². The van der Waals surface area contributed by atoms with E-state index in [0.717, 1.165) is 0 Å². The molecule has 0 fully saturated rings. The summed E-state index contributed by atoms with van der Waals surface area (Å²) in [5.74, 6) is 0. The van der Waals surface area contributed by atoms with Crippen molar-refractivity contribution >= 4 is 31.6 Å². The molecule has 1 aromatic heterocycles. The van der Waals surface area contributed by atoms with Gasteiger partial charge < -0.3 is 4.98 Å². The summed E-state index contributed by atoms with van der Waals surface area (Å²) in [6.07, 6.45) is 0. The van der Waals surface area contributed by atoms with Crippen LogP contribution in [0.25, 0.3) is 0 Å². The molecule has 0 spiro atoms. The average Bonchev–Trinajstić information content (AvgIpc) is 2.30. The van der Waals surface area contributed by atoms with Gasteiger partial charge in [-0.2, -0.15) is 0 Å². The van der Waals surface area contributed by atoms with Crippen molar-refractivity contribution in [3.8, 4) is 0 Å². The normalized spacial score (nSPS) is 11.3. The number of anilines is 1. The van der Waals surface area contributed by atoms with E-state index in [1.54, 1.807) is 18.2 Å². The van der Waals surface area contributed by atoms with E-state index in [4.69, 9.17) is 0 Å². The van der Waals surface area contributed by atoms with E-state index in [9.17, 15) is 18.0 Å². The van der Waals surface area contributed by atoms with Crippen LogP contribution >= 0.6 is 15.9 Å². The van der Waals surface area contributed by atoms with Crippen LogP contribution in [0.15, 0.2) is 43.2 Å². The Bertz CT molecular complexity index is 870. The van der Waals surface area contributed by atoms with Gasteiger partial charge in [-0.3, -0.25) is 14.5 Å². The predicted octanol–water partition coefficient (Wildman–Crippen LogP) is 0.935. The number of hydrogen-bond donors (Lipinski definition) is 3. The summed E-state index contributed by atoms with van der Waals surface area (Å²) in [6.45, 7) is 1.34. The maximum Gasteiger partial charge on any atom is 0.325 e. The third-order valence-corrected chi connectivity index (χ3v) is 4.67. The van der Waals surface area contributed by atoms with Gasteiger partial charge in [0, 0.05) is 10.2 Å². The van der Waals surface area contributed by atoms with Crippen LogP contribution in [0, 0.1) is 6.92 Å². The van der Waals surface area contributed by atoms with Crippen molar-refractivity contribution in [1.29, 1.82) is 0 Å². The number of para-hydroxylation sites is 1. The highest BCUT2D eigenvalue weighted by atomic mass is 79.9. The molecule has 7 nitrogen and oxygen atoms in total. The van der Waals surface area contributed by atoms with E-state index < -0.39 is 26.2 Å². The van der Waals surface area contributed by atoms with Crippen LogP contribution in [0.1, 0.15) is 5.69 Å². The Balaban J connectivity index is 2.55. The molecule has 0 aliphatic carbocycles. The van der Waals surface area contributed by atoms with Gasteiger partial charge in [0.2, 0.25) is 0 Å². The summed E-state index contributed by atoms with van der Waals surface area (Å²) < 4.78 is 27.3. The first kappa shape index (κ1) is 14.5. The van der Waals surface area contributed by atoms with Crippen LogP contribution in [0.5, 0.6) is 0 Å². The fourth-order valence-corrected chi connectivity index (χ4v) is 3.49. The maximum atomic E-state index is 12.2. The first-order chi connectivity index (χ1) is 9.31. The van der Waals surface area contributed by atoms with Gasteiger partial charge >= 0.3 is 5.69 Å². The van der Waals surface area contributed by atoms with Gasteiger partial charge in [0.05, 0.1) is 5.69 Å². The Kier molecular flexibility index (Phi) is 3.82. The number of aromatic amines is 2. The number of nitrogens with one attached hydrogen (secondary N) is 3. The Labute approximate surface area is 122 Å². The van der Waals surface area contributed by atoms with Crippen molar-refractivity contribution < 1.29 is 8.42 Å². The minimum atomic E-state index is -4.11. The highest BCUT2D eigenvalue weighted by molar-refractivity contribution is 9.10. The van der Waals surface area contributed by atoms with Crippen molar-refractivity contribution in [2.24, 2.45) is 0 Å². The Morgan fingerprint density at radius 3 is 2.40 bits per heavy atom. The molecule has 2 aromatic rings. The quantitative estimate of drug-likeness (QED) is 0.756. The summed E-state index contributed by atoms with van der Waals surface area (Å²) in [5, 5.41) is 0. The molecule has 0 unspecified atom stereocenters. The van der Waals surface area contributed by atoms with Gasteiger partial charge in [0.15, 0.2) is 4.90 Å². The molecule has 0 aliphatic rings. The monoisotopic (exact) mass is 359 g/mol. The summed E-state index contributed by atoms with van der Waals surface area (Å²) in [7, 11) is -4.11. The van der Waals surface area contributed by atoms with E-state index in [1.807, 2.05) is 4.98 Å². The number of aryl methyl sites for hydroxylation is 1. The van der Waals surface area contributed by atoms with Crippen molar-refractivity contribution in [3.05, 3.63) is 55.3 Å². The number of halogens is 1. The van der Waals surface area contributed by atoms with Gasteiger partial charge in [-0.15, -0.1) is 0 Å². The van der Waals surface area contributed by atoms with Crippen molar-refractivity contribution in [2.45, 2.75) is 11.8 Å². The average molecular weight is 360 g/mol. The molecular formula is C11H10BrN3O4S. The first-order valence-electron chi connectivity index (χ1n) is 5.42. The zero-order valence-corrected chi connectivity index (χ0v) is 12.6. The summed E-state index contributed by atoms with van der Waals surface area (Å²) in [4.78, 5) is 26.4. The van der Waals surface area contributed by atoms with Crippen molar-refractivity contribution in [2.75, 3.05) is 4.72 Å².